The summed E-state index contributed by atoms with van der Waals surface area (Å²) in [7, 11) is 3.63. The number of methoxy groups -OCH3 is 1. The van der Waals surface area contributed by atoms with Gasteiger partial charge in [0.05, 0.1) is 54.5 Å². The zero-order valence-electron chi connectivity index (χ0n) is 19.2. The Balaban J connectivity index is 1.51. The number of aromatic nitrogens is 4. The van der Waals surface area contributed by atoms with Crippen molar-refractivity contribution in [1.82, 2.24) is 19.5 Å². The van der Waals surface area contributed by atoms with Crippen molar-refractivity contribution in [2.75, 3.05) is 12.4 Å². The molecule has 0 spiro atoms. The molecule has 8 nitrogen and oxygen atoms in total. The second kappa shape index (κ2) is 8.79. The van der Waals surface area contributed by atoms with Crippen molar-refractivity contribution in [2.45, 2.75) is 19.8 Å². The smallest absolute Gasteiger partial charge is 0.269 e. The Morgan fingerprint density at radius 2 is 2.00 bits per heavy atom. The number of hydrogen-bond acceptors (Lipinski definition) is 6. The Hall–Kier alpha value is -4.51. The van der Waals surface area contributed by atoms with Gasteiger partial charge in [-0.15, -0.1) is 4.98 Å². The van der Waals surface area contributed by atoms with E-state index in [0.717, 1.165) is 56.9 Å². The van der Waals surface area contributed by atoms with Gasteiger partial charge < -0.3 is 19.5 Å². The first-order valence-corrected chi connectivity index (χ1v) is 10.9. The van der Waals surface area contributed by atoms with E-state index < -0.39 is 0 Å². The van der Waals surface area contributed by atoms with Crippen molar-refractivity contribution in [3.8, 4) is 17.0 Å². The Labute approximate surface area is 197 Å². The van der Waals surface area contributed by atoms with Gasteiger partial charge in [0, 0.05) is 24.7 Å². The molecule has 0 aliphatic carbocycles. The molecule has 0 radical (unpaired) electrons. The van der Waals surface area contributed by atoms with Crippen molar-refractivity contribution < 1.29 is 4.74 Å². The highest BCUT2D eigenvalue weighted by molar-refractivity contribution is 5.95. The van der Waals surface area contributed by atoms with E-state index in [0.29, 0.717) is 18.7 Å². The van der Waals surface area contributed by atoms with E-state index in [1.165, 1.54) is 0 Å². The van der Waals surface area contributed by atoms with Crippen molar-refractivity contribution in [2.24, 2.45) is 12.0 Å². The standard InChI is InChI=1S/C26H23N7O/c1-16-10-21-26(29-16)22(13-19(30-21)12-18-6-5-7-25(27-2)31-18)32-20-9-8-17(11-24(20)34-4)23-14-28-15-33(23)3/h5-9,11,13-15H,10,12H2,1,3-4H3,(H,30,32). The Morgan fingerprint density at radius 3 is 2.76 bits per heavy atom. The summed E-state index contributed by atoms with van der Waals surface area (Å²) in [4.78, 5) is 21.6. The number of fused-ring (bicyclic) bond motifs is 1. The molecule has 1 aliphatic rings. The van der Waals surface area contributed by atoms with E-state index in [1.54, 1.807) is 19.5 Å². The Kier molecular flexibility index (Phi) is 5.52. The highest BCUT2D eigenvalue weighted by atomic mass is 16.5. The fraction of sp³-hybridized carbons (Fsp3) is 0.192. The molecule has 0 bridgehead atoms. The summed E-state index contributed by atoms with van der Waals surface area (Å²) in [5.74, 6) is 1.10. The lowest BCUT2D eigenvalue weighted by molar-refractivity contribution is 0.417. The highest BCUT2D eigenvalue weighted by Crippen LogP contribution is 2.39. The SMILES string of the molecule is [C-]#[N+]c1cccc(Cc2cc(Nc3ccc(-c4cncn4C)cc3OC)c3c(n2)CC(C)=N3)n1. The number of nitrogens with one attached hydrogen (secondary N) is 1. The first-order chi connectivity index (χ1) is 16.5. The van der Waals surface area contributed by atoms with Crippen LogP contribution in [0.15, 0.2) is 60.0 Å². The number of hydrogen-bond donors (Lipinski definition) is 1. The lowest BCUT2D eigenvalue weighted by Crippen LogP contribution is -2.02. The van der Waals surface area contributed by atoms with Gasteiger partial charge in [-0.1, -0.05) is 18.7 Å². The average Bonchev–Trinajstić information content (AvgIpc) is 3.44. The molecule has 1 N–H and O–H groups in total. The molecule has 3 aromatic heterocycles. The molecular formula is C26H23N7O. The van der Waals surface area contributed by atoms with Crippen LogP contribution in [-0.2, 0) is 19.9 Å². The van der Waals surface area contributed by atoms with Gasteiger partial charge in [0.15, 0.2) is 0 Å². The maximum absolute atomic E-state index is 7.22. The second-order valence-electron chi connectivity index (χ2n) is 8.19. The topological polar surface area (TPSA) is 81.6 Å². The average molecular weight is 450 g/mol. The highest BCUT2D eigenvalue weighted by Gasteiger charge is 2.20. The van der Waals surface area contributed by atoms with Gasteiger partial charge in [-0.25, -0.2) is 4.98 Å². The van der Waals surface area contributed by atoms with Crippen molar-refractivity contribution in [3.05, 3.63) is 83.5 Å². The number of nitrogens with zero attached hydrogens (tertiary/aromatic N) is 6. The molecular weight excluding hydrogens is 426 g/mol. The molecule has 0 atom stereocenters. The zero-order valence-corrected chi connectivity index (χ0v) is 19.2. The molecule has 1 aliphatic heterocycles. The van der Waals surface area contributed by atoms with Crippen molar-refractivity contribution in [1.29, 1.82) is 0 Å². The molecule has 4 heterocycles. The van der Waals surface area contributed by atoms with Gasteiger partial charge in [-0.3, -0.25) is 9.98 Å². The van der Waals surface area contributed by atoms with Crippen LogP contribution in [0.1, 0.15) is 24.0 Å². The summed E-state index contributed by atoms with van der Waals surface area (Å²) < 4.78 is 7.68. The van der Waals surface area contributed by atoms with Crippen LogP contribution < -0.4 is 10.1 Å². The van der Waals surface area contributed by atoms with Crippen molar-refractivity contribution in [3.63, 3.8) is 0 Å². The first-order valence-electron chi connectivity index (χ1n) is 10.9. The summed E-state index contributed by atoms with van der Waals surface area (Å²) >= 11 is 0. The van der Waals surface area contributed by atoms with E-state index in [4.69, 9.17) is 21.3 Å². The Morgan fingerprint density at radius 1 is 1.12 bits per heavy atom. The number of benzene rings is 1. The molecule has 168 valence electrons. The van der Waals surface area contributed by atoms with Crippen molar-refractivity contribution >= 4 is 28.6 Å². The minimum absolute atomic E-state index is 0.384. The maximum Gasteiger partial charge on any atom is 0.269 e. The minimum atomic E-state index is 0.384. The summed E-state index contributed by atoms with van der Waals surface area (Å²) in [6, 6.07) is 13.5. The van der Waals surface area contributed by atoms with Crippen LogP contribution in [0.4, 0.5) is 22.9 Å². The molecule has 8 heteroatoms. The van der Waals surface area contributed by atoms with Gasteiger partial charge in [0.1, 0.15) is 17.1 Å². The zero-order chi connectivity index (χ0) is 23.7. The van der Waals surface area contributed by atoms with Gasteiger partial charge in [-0.05, 0) is 37.3 Å². The third-order valence-electron chi connectivity index (χ3n) is 5.70. The number of pyridine rings is 2. The van der Waals surface area contributed by atoms with Crippen LogP contribution in [0.3, 0.4) is 0 Å². The molecule has 5 rings (SSSR count). The number of rotatable bonds is 6. The van der Waals surface area contributed by atoms with Crippen LogP contribution >= 0.6 is 0 Å². The summed E-state index contributed by atoms with van der Waals surface area (Å²) in [5.41, 5.74) is 8.20. The monoisotopic (exact) mass is 449 g/mol. The predicted molar refractivity (Wildman–Crippen MR) is 132 cm³/mol. The van der Waals surface area contributed by atoms with E-state index >= 15 is 0 Å². The minimum Gasteiger partial charge on any atom is -0.495 e. The summed E-state index contributed by atoms with van der Waals surface area (Å²) in [6.07, 6.45) is 4.85. The van der Waals surface area contributed by atoms with Gasteiger partial charge >= 0.3 is 0 Å². The number of aliphatic imine (C=N–C) groups is 1. The molecule has 0 unspecified atom stereocenters. The number of ether oxygens (including phenoxy) is 1. The molecule has 0 amide bonds. The van der Waals surface area contributed by atoms with Crippen LogP contribution in [0.25, 0.3) is 16.1 Å². The van der Waals surface area contributed by atoms with Crippen LogP contribution in [0.2, 0.25) is 0 Å². The van der Waals surface area contributed by atoms with Crippen LogP contribution in [-0.4, -0.2) is 32.3 Å². The van der Waals surface area contributed by atoms with E-state index in [2.05, 4.69) is 20.1 Å². The summed E-state index contributed by atoms with van der Waals surface area (Å²) in [6.45, 7) is 9.23. The molecule has 34 heavy (non-hydrogen) atoms. The third-order valence-corrected chi connectivity index (χ3v) is 5.70. The molecule has 0 saturated carbocycles. The van der Waals surface area contributed by atoms with E-state index in [-0.39, 0.29) is 0 Å². The number of aryl methyl sites for hydroxylation is 1. The van der Waals surface area contributed by atoms with E-state index in [9.17, 15) is 0 Å². The molecule has 0 saturated heterocycles. The molecule has 4 aromatic rings. The van der Waals surface area contributed by atoms with Gasteiger partial charge in [-0.2, -0.15) is 0 Å². The van der Waals surface area contributed by atoms with Gasteiger partial charge in [0.25, 0.3) is 5.82 Å². The first kappa shape index (κ1) is 21.3. The predicted octanol–water partition coefficient (Wildman–Crippen LogP) is 5.42. The van der Waals surface area contributed by atoms with Crippen LogP contribution in [0, 0.1) is 6.57 Å². The lowest BCUT2D eigenvalue weighted by Gasteiger charge is -2.15. The fourth-order valence-electron chi connectivity index (χ4n) is 4.10. The maximum atomic E-state index is 7.22. The molecule has 1 aromatic carbocycles. The Bertz CT molecular complexity index is 1460. The van der Waals surface area contributed by atoms with E-state index in [1.807, 2.05) is 61.1 Å². The quantitative estimate of drug-likeness (QED) is 0.398. The fourth-order valence-corrected chi connectivity index (χ4v) is 4.10. The summed E-state index contributed by atoms with van der Waals surface area (Å²) in [5, 5.41) is 3.52. The number of anilines is 2. The largest absolute Gasteiger partial charge is 0.495 e. The second-order valence-corrected chi connectivity index (χ2v) is 8.19. The van der Waals surface area contributed by atoms with Crippen LogP contribution in [0.5, 0.6) is 5.75 Å². The lowest BCUT2D eigenvalue weighted by atomic mass is 10.1. The third kappa shape index (κ3) is 4.11. The van der Waals surface area contributed by atoms with Gasteiger partial charge in [0.2, 0.25) is 0 Å². The normalized spacial score (nSPS) is 12.1. The molecule has 0 fully saturated rings. The number of imidazole rings is 1.